The predicted octanol–water partition coefficient (Wildman–Crippen LogP) is 3.26. The van der Waals surface area contributed by atoms with E-state index in [4.69, 9.17) is 4.74 Å². The van der Waals surface area contributed by atoms with Crippen molar-refractivity contribution in [3.63, 3.8) is 0 Å². The van der Waals surface area contributed by atoms with Crippen LogP contribution in [-0.4, -0.2) is 25.5 Å². The van der Waals surface area contributed by atoms with E-state index in [0.717, 1.165) is 21.3 Å². The van der Waals surface area contributed by atoms with Crippen molar-refractivity contribution in [2.24, 2.45) is 5.92 Å². The van der Waals surface area contributed by atoms with Gasteiger partial charge in [0.15, 0.2) is 0 Å². The molecule has 1 aliphatic rings. The maximum Gasteiger partial charge on any atom is 0.239 e. The van der Waals surface area contributed by atoms with Gasteiger partial charge in [0.05, 0.1) is 6.61 Å². The number of halogens is 1. The molecule has 1 unspecified atom stereocenters. The van der Waals surface area contributed by atoms with Gasteiger partial charge in [0.25, 0.3) is 0 Å². The van der Waals surface area contributed by atoms with Crippen LogP contribution in [0.3, 0.4) is 0 Å². The zero-order chi connectivity index (χ0) is 18.5. The molecule has 0 saturated carbocycles. The number of carbonyl (C=O) groups excluding carboxylic acids is 2. The first-order valence-corrected chi connectivity index (χ1v) is 9.29. The first-order chi connectivity index (χ1) is 12.6. The van der Waals surface area contributed by atoms with Crippen molar-refractivity contribution >= 4 is 33.4 Å². The second-order valence-corrected chi connectivity index (χ2v) is 7.19. The molecule has 0 bridgehead atoms. The van der Waals surface area contributed by atoms with Gasteiger partial charge in [-0.3, -0.25) is 9.59 Å². The Labute approximate surface area is 161 Å². The predicted molar refractivity (Wildman–Crippen MR) is 104 cm³/mol. The molecule has 0 spiro atoms. The van der Waals surface area contributed by atoms with Crippen LogP contribution in [0.15, 0.2) is 53.0 Å². The van der Waals surface area contributed by atoms with Gasteiger partial charge < -0.3 is 15.0 Å². The fourth-order valence-electron chi connectivity index (χ4n) is 3.06. The quantitative estimate of drug-likeness (QED) is 0.735. The Hall–Kier alpha value is -2.18. The fraction of sp³-hybridized carbons (Fsp3) is 0.300. The van der Waals surface area contributed by atoms with Crippen LogP contribution in [0.1, 0.15) is 17.5 Å². The van der Waals surface area contributed by atoms with E-state index in [9.17, 15) is 9.59 Å². The molecular weight excluding hydrogens is 396 g/mol. The third kappa shape index (κ3) is 4.31. The SMILES string of the molecule is COCc1ccc(CNC(=O)C2CCN(c3cccc(Br)c3)C2=O)cc1. The maximum absolute atomic E-state index is 12.6. The van der Waals surface area contributed by atoms with Gasteiger partial charge in [0.1, 0.15) is 5.92 Å². The summed E-state index contributed by atoms with van der Waals surface area (Å²) in [6, 6.07) is 15.4. The Morgan fingerprint density at radius 1 is 1.23 bits per heavy atom. The van der Waals surface area contributed by atoms with E-state index in [0.29, 0.717) is 26.1 Å². The van der Waals surface area contributed by atoms with Crippen LogP contribution < -0.4 is 10.2 Å². The summed E-state index contributed by atoms with van der Waals surface area (Å²) in [5.41, 5.74) is 2.89. The lowest BCUT2D eigenvalue weighted by molar-refractivity contribution is -0.132. The molecule has 2 amide bonds. The first-order valence-electron chi connectivity index (χ1n) is 8.50. The van der Waals surface area contributed by atoms with E-state index in [1.165, 1.54) is 0 Å². The van der Waals surface area contributed by atoms with Gasteiger partial charge in [0.2, 0.25) is 11.8 Å². The molecule has 2 aromatic rings. The fourth-order valence-corrected chi connectivity index (χ4v) is 3.44. The number of benzene rings is 2. The van der Waals surface area contributed by atoms with Gasteiger partial charge in [-0.25, -0.2) is 0 Å². The Kier molecular flexibility index (Phi) is 6.06. The lowest BCUT2D eigenvalue weighted by atomic mass is 10.1. The van der Waals surface area contributed by atoms with Crippen LogP contribution in [0.25, 0.3) is 0 Å². The lowest BCUT2D eigenvalue weighted by Gasteiger charge is -2.17. The van der Waals surface area contributed by atoms with Gasteiger partial charge in [-0.2, -0.15) is 0 Å². The summed E-state index contributed by atoms with van der Waals surface area (Å²) in [7, 11) is 1.66. The third-order valence-electron chi connectivity index (χ3n) is 4.44. The van der Waals surface area contributed by atoms with Crippen molar-refractivity contribution in [3.05, 3.63) is 64.1 Å². The normalized spacial score (nSPS) is 16.8. The van der Waals surface area contributed by atoms with Gasteiger partial charge in [0, 0.05) is 30.4 Å². The minimum atomic E-state index is -0.623. The highest BCUT2D eigenvalue weighted by molar-refractivity contribution is 9.10. The molecule has 3 rings (SSSR count). The number of amides is 2. The zero-order valence-electron chi connectivity index (χ0n) is 14.6. The first kappa shape index (κ1) is 18.6. The highest BCUT2D eigenvalue weighted by atomic mass is 79.9. The van der Waals surface area contributed by atoms with Crippen molar-refractivity contribution in [2.45, 2.75) is 19.6 Å². The van der Waals surface area contributed by atoms with Gasteiger partial charge in [-0.05, 0) is 35.7 Å². The van der Waals surface area contributed by atoms with Crippen molar-refractivity contribution in [3.8, 4) is 0 Å². The topological polar surface area (TPSA) is 58.6 Å². The Balaban J connectivity index is 1.57. The van der Waals surface area contributed by atoms with Crippen LogP contribution in [0, 0.1) is 5.92 Å². The molecule has 5 nitrogen and oxygen atoms in total. The number of carbonyl (C=O) groups is 2. The summed E-state index contributed by atoms with van der Waals surface area (Å²) < 4.78 is 5.99. The number of nitrogens with one attached hydrogen (secondary N) is 1. The highest BCUT2D eigenvalue weighted by Gasteiger charge is 2.37. The number of hydrogen-bond donors (Lipinski definition) is 1. The average Bonchev–Trinajstić information content (AvgIpc) is 3.03. The Morgan fingerprint density at radius 2 is 1.96 bits per heavy atom. The number of ether oxygens (including phenoxy) is 1. The van der Waals surface area contributed by atoms with E-state index >= 15 is 0 Å². The maximum atomic E-state index is 12.6. The molecule has 1 aliphatic heterocycles. The molecule has 6 heteroatoms. The number of anilines is 1. The summed E-state index contributed by atoms with van der Waals surface area (Å²) >= 11 is 3.41. The second kappa shape index (κ2) is 8.47. The molecule has 0 aromatic heterocycles. The largest absolute Gasteiger partial charge is 0.380 e. The number of nitrogens with zero attached hydrogens (tertiary/aromatic N) is 1. The summed E-state index contributed by atoms with van der Waals surface area (Å²) in [5.74, 6) is -0.980. The summed E-state index contributed by atoms with van der Waals surface area (Å²) in [4.78, 5) is 26.8. The van der Waals surface area contributed by atoms with Gasteiger partial charge >= 0.3 is 0 Å². The summed E-state index contributed by atoms with van der Waals surface area (Å²) in [6.07, 6.45) is 0.532. The molecule has 1 atom stereocenters. The third-order valence-corrected chi connectivity index (χ3v) is 4.94. The van der Waals surface area contributed by atoms with Crippen molar-refractivity contribution in [1.82, 2.24) is 5.32 Å². The minimum Gasteiger partial charge on any atom is -0.380 e. The molecule has 1 saturated heterocycles. The molecule has 0 aliphatic carbocycles. The number of hydrogen-bond acceptors (Lipinski definition) is 3. The van der Waals surface area contributed by atoms with E-state index in [-0.39, 0.29) is 11.8 Å². The highest BCUT2D eigenvalue weighted by Crippen LogP contribution is 2.27. The van der Waals surface area contributed by atoms with Crippen LogP contribution in [0.2, 0.25) is 0 Å². The van der Waals surface area contributed by atoms with Crippen molar-refractivity contribution < 1.29 is 14.3 Å². The smallest absolute Gasteiger partial charge is 0.239 e. The molecule has 26 heavy (non-hydrogen) atoms. The van der Waals surface area contributed by atoms with E-state index in [2.05, 4.69) is 21.2 Å². The standard InChI is InChI=1S/C20H21BrN2O3/c1-26-13-15-7-5-14(6-8-15)12-22-19(24)18-9-10-23(20(18)25)17-4-2-3-16(21)11-17/h2-8,11,18H,9-10,12-13H2,1H3,(H,22,24). The van der Waals surface area contributed by atoms with Crippen LogP contribution in [-0.2, 0) is 27.5 Å². The molecule has 1 heterocycles. The Bertz CT molecular complexity index is 792. The van der Waals surface area contributed by atoms with Crippen molar-refractivity contribution in [1.29, 1.82) is 0 Å². The zero-order valence-corrected chi connectivity index (χ0v) is 16.2. The van der Waals surface area contributed by atoms with Crippen LogP contribution >= 0.6 is 15.9 Å². The van der Waals surface area contributed by atoms with Crippen LogP contribution in [0.5, 0.6) is 0 Å². The monoisotopic (exact) mass is 416 g/mol. The van der Waals surface area contributed by atoms with Gasteiger partial charge in [-0.15, -0.1) is 0 Å². The van der Waals surface area contributed by atoms with E-state index in [1.54, 1.807) is 12.0 Å². The Morgan fingerprint density at radius 3 is 2.65 bits per heavy atom. The molecule has 0 radical (unpaired) electrons. The van der Waals surface area contributed by atoms with Crippen molar-refractivity contribution in [2.75, 3.05) is 18.6 Å². The van der Waals surface area contributed by atoms with E-state index < -0.39 is 5.92 Å². The molecule has 1 fully saturated rings. The minimum absolute atomic E-state index is 0.143. The van der Waals surface area contributed by atoms with E-state index in [1.807, 2.05) is 48.5 Å². The number of methoxy groups -OCH3 is 1. The number of rotatable bonds is 6. The second-order valence-electron chi connectivity index (χ2n) is 6.28. The van der Waals surface area contributed by atoms with Gasteiger partial charge in [-0.1, -0.05) is 46.3 Å². The molecule has 2 aromatic carbocycles. The summed E-state index contributed by atoms with van der Waals surface area (Å²) in [5, 5.41) is 2.88. The molecule has 1 N–H and O–H groups in total. The summed E-state index contributed by atoms with van der Waals surface area (Å²) in [6.45, 7) is 1.53. The van der Waals surface area contributed by atoms with Crippen LogP contribution in [0.4, 0.5) is 5.69 Å². The lowest BCUT2D eigenvalue weighted by Crippen LogP contribution is -2.36. The molecular formula is C20H21BrN2O3. The molecule has 136 valence electrons. The average molecular weight is 417 g/mol.